The van der Waals surface area contributed by atoms with Crippen LogP contribution < -0.4 is 21.3 Å². The summed E-state index contributed by atoms with van der Waals surface area (Å²) in [6.45, 7) is 5.07. The van der Waals surface area contributed by atoms with E-state index in [2.05, 4.69) is 15.6 Å². The average molecular weight is 522 g/mol. The molecule has 4 N–H and O–H groups in total. The van der Waals surface area contributed by atoms with Crippen molar-refractivity contribution in [3.8, 4) is 5.88 Å². The lowest BCUT2D eigenvalue weighted by Crippen LogP contribution is -2.55. The molecule has 202 valence electrons. The molecule has 2 aromatic rings. The number of alkyl carbamates (subject to hydrolysis) is 2. The van der Waals surface area contributed by atoms with Crippen LogP contribution in [0.25, 0.3) is 0 Å². The molecule has 0 saturated carbocycles. The fourth-order valence-corrected chi connectivity index (χ4v) is 3.04. The third-order valence-electron chi connectivity index (χ3n) is 4.68. The Morgan fingerprint density at radius 2 is 1.78 bits per heavy atom. The number of methoxy groups -OCH3 is 1. The number of aromatic amines is 1. The van der Waals surface area contributed by atoms with E-state index in [0.29, 0.717) is 10.2 Å². The molecule has 0 bridgehead atoms. The molecule has 0 aliphatic carbocycles. The third kappa shape index (κ3) is 8.59. The van der Waals surface area contributed by atoms with E-state index >= 15 is 0 Å². The van der Waals surface area contributed by atoms with E-state index in [-0.39, 0.29) is 18.8 Å². The number of carbonyl (C=O) groups excluding carboxylic acids is 4. The second-order valence-corrected chi connectivity index (χ2v) is 8.78. The van der Waals surface area contributed by atoms with Crippen LogP contribution in [-0.4, -0.2) is 64.1 Å². The highest BCUT2D eigenvalue weighted by Crippen LogP contribution is 2.14. The Morgan fingerprint density at radius 3 is 2.35 bits per heavy atom. The highest BCUT2D eigenvalue weighted by atomic mass is 16.6. The molecule has 14 nitrogen and oxygen atoms in total. The number of hydrogen-bond acceptors (Lipinski definition) is 9. The Kier molecular flexibility index (Phi) is 9.68. The largest absolute Gasteiger partial charge is 0.492 e. The molecule has 0 aliphatic heterocycles. The van der Waals surface area contributed by atoms with Crippen LogP contribution in [0.2, 0.25) is 0 Å². The minimum Gasteiger partial charge on any atom is -0.492 e. The van der Waals surface area contributed by atoms with Crippen LogP contribution in [0.5, 0.6) is 5.88 Å². The molecule has 0 radical (unpaired) electrons. The number of esters is 1. The van der Waals surface area contributed by atoms with Gasteiger partial charge < -0.3 is 34.9 Å². The number of H-pyrrole nitrogens is 1. The summed E-state index contributed by atoms with van der Waals surface area (Å²) in [6, 6.07) is 7.33. The summed E-state index contributed by atoms with van der Waals surface area (Å²) in [4.78, 5) is 63.8. The molecule has 1 aromatic carbocycles. The second kappa shape index (κ2) is 12.5. The van der Waals surface area contributed by atoms with Crippen molar-refractivity contribution in [2.75, 3.05) is 18.7 Å². The predicted octanol–water partition coefficient (Wildman–Crippen LogP) is 0.859. The fourth-order valence-electron chi connectivity index (χ4n) is 3.04. The molecule has 3 amide bonds. The summed E-state index contributed by atoms with van der Waals surface area (Å²) in [5, 5.41) is 16.0. The zero-order valence-corrected chi connectivity index (χ0v) is 21.2. The van der Waals surface area contributed by atoms with Crippen molar-refractivity contribution in [3.63, 3.8) is 0 Å². The van der Waals surface area contributed by atoms with E-state index < -0.39 is 53.8 Å². The minimum absolute atomic E-state index is 0.0803. The molecule has 1 atom stereocenters. The molecule has 1 heterocycles. The van der Waals surface area contributed by atoms with Crippen molar-refractivity contribution < 1.29 is 38.5 Å². The number of hydrogen-bond donors (Lipinski definition) is 4. The first-order valence-electron chi connectivity index (χ1n) is 11.2. The van der Waals surface area contributed by atoms with Crippen LogP contribution in [0.3, 0.4) is 0 Å². The summed E-state index contributed by atoms with van der Waals surface area (Å²) in [5.41, 5.74) is -1.14. The van der Waals surface area contributed by atoms with Crippen LogP contribution in [0.4, 0.5) is 9.59 Å². The molecule has 0 aliphatic rings. The van der Waals surface area contributed by atoms with Gasteiger partial charge in [0.15, 0.2) is 0 Å². The van der Waals surface area contributed by atoms with E-state index in [4.69, 9.17) is 14.2 Å². The fraction of sp³-hybridized carbons (Fsp3) is 0.435. The number of imidazole rings is 1. The van der Waals surface area contributed by atoms with Gasteiger partial charge in [-0.05, 0) is 26.3 Å². The van der Waals surface area contributed by atoms with E-state index in [0.717, 1.165) is 19.0 Å². The van der Waals surface area contributed by atoms with Gasteiger partial charge in [0.05, 0.1) is 20.2 Å². The highest BCUT2D eigenvalue weighted by Gasteiger charge is 2.30. The van der Waals surface area contributed by atoms with Crippen molar-refractivity contribution in [2.24, 2.45) is 0 Å². The highest BCUT2D eigenvalue weighted by molar-refractivity contribution is 5.87. The van der Waals surface area contributed by atoms with Crippen molar-refractivity contribution in [1.82, 2.24) is 20.3 Å². The normalized spacial score (nSPS) is 11.7. The predicted molar refractivity (Wildman–Crippen MR) is 129 cm³/mol. The molecule has 0 unspecified atom stereocenters. The zero-order chi connectivity index (χ0) is 27.8. The summed E-state index contributed by atoms with van der Waals surface area (Å²) < 4.78 is 15.5. The lowest BCUT2D eigenvalue weighted by atomic mass is 10.2. The molecule has 0 fully saturated rings. The lowest BCUT2D eigenvalue weighted by Gasteiger charge is -2.26. The standard InChI is InChI=1S/C23H31N5O9/c1-14(29)27(28-18(30)16(25-20(28)32)11-24-21(33)37-23(2,3)4)12-17(19(31)35-5)26-22(34)36-13-15-9-7-6-8-10-15/h6-10,17,30H,11-13H2,1-5H3,(H,24,33)(H,25,32)(H,26,34)/t17-/m0/s1. The molecule has 14 heteroatoms. The first-order chi connectivity index (χ1) is 17.3. The molecule has 1 aromatic heterocycles. The van der Waals surface area contributed by atoms with Gasteiger partial charge in [-0.1, -0.05) is 30.3 Å². The summed E-state index contributed by atoms with van der Waals surface area (Å²) >= 11 is 0. The zero-order valence-electron chi connectivity index (χ0n) is 21.2. The monoisotopic (exact) mass is 521 g/mol. The summed E-state index contributed by atoms with van der Waals surface area (Å²) in [6.07, 6.45) is -1.77. The topological polar surface area (TPSA) is 181 Å². The summed E-state index contributed by atoms with van der Waals surface area (Å²) in [7, 11) is 1.07. The third-order valence-corrected chi connectivity index (χ3v) is 4.68. The number of rotatable bonds is 9. The maximum atomic E-state index is 12.6. The van der Waals surface area contributed by atoms with Crippen molar-refractivity contribution in [2.45, 2.75) is 52.5 Å². The van der Waals surface area contributed by atoms with Crippen LogP contribution in [0.15, 0.2) is 35.1 Å². The first-order valence-corrected chi connectivity index (χ1v) is 11.2. The Bertz CT molecular complexity index is 1170. The van der Waals surface area contributed by atoms with Gasteiger partial charge in [-0.2, -0.15) is 4.68 Å². The van der Waals surface area contributed by atoms with Gasteiger partial charge in [-0.15, -0.1) is 0 Å². The number of amides is 3. The van der Waals surface area contributed by atoms with Gasteiger partial charge in [0.2, 0.25) is 11.8 Å². The number of aromatic hydroxyl groups is 1. The van der Waals surface area contributed by atoms with Crippen LogP contribution in [0, 0.1) is 0 Å². The number of aromatic nitrogens is 2. The van der Waals surface area contributed by atoms with E-state index in [9.17, 15) is 29.1 Å². The Morgan fingerprint density at radius 1 is 1.14 bits per heavy atom. The van der Waals surface area contributed by atoms with Gasteiger partial charge >= 0.3 is 23.8 Å². The average Bonchev–Trinajstić information content (AvgIpc) is 3.10. The Hall–Kier alpha value is -4.49. The van der Waals surface area contributed by atoms with Crippen molar-refractivity contribution >= 4 is 24.1 Å². The maximum Gasteiger partial charge on any atom is 0.408 e. The van der Waals surface area contributed by atoms with Gasteiger partial charge in [-0.25, -0.2) is 24.2 Å². The lowest BCUT2D eigenvalue weighted by molar-refractivity contribution is -0.142. The molecule has 2 rings (SSSR count). The number of carbonyl (C=O) groups is 4. The minimum atomic E-state index is -1.46. The first kappa shape index (κ1) is 28.7. The number of nitrogens with one attached hydrogen (secondary N) is 3. The van der Waals surface area contributed by atoms with Gasteiger partial charge in [0, 0.05) is 6.92 Å². The van der Waals surface area contributed by atoms with E-state index in [1.54, 1.807) is 51.1 Å². The van der Waals surface area contributed by atoms with Gasteiger partial charge in [0.25, 0.3) is 0 Å². The van der Waals surface area contributed by atoms with Crippen LogP contribution in [0.1, 0.15) is 39.0 Å². The van der Waals surface area contributed by atoms with Crippen molar-refractivity contribution in [1.29, 1.82) is 0 Å². The van der Waals surface area contributed by atoms with Gasteiger partial charge in [-0.3, -0.25) is 4.79 Å². The quantitative estimate of drug-likeness (QED) is 0.275. The molecular weight excluding hydrogens is 490 g/mol. The number of nitrogens with zero attached hydrogens (tertiary/aromatic N) is 2. The maximum absolute atomic E-state index is 12.6. The van der Waals surface area contributed by atoms with Gasteiger partial charge in [0.1, 0.15) is 23.9 Å². The second-order valence-electron chi connectivity index (χ2n) is 8.78. The Labute approximate surface area is 212 Å². The molecule has 37 heavy (non-hydrogen) atoms. The molecular formula is C23H31N5O9. The summed E-state index contributed by atoms with van der Waals surface area (Å²) in [5.74, 6) is -2.39. The number of benzene rings is 1. The van der Waals surface area contributed by atoms with E-state index in [1.807, 2.05) is 0 Å². The molecule has 0 spiro atoms. The number of ether oxygens (including phenoxy) is 3. The van der Waals surface area contributed by atoms with E-state index in [1.165, 1.54) is 0 Å². The smallest absolute Gasteiger partial charge is 0.408 e. The Balaban J connectivity index is 2.17. The SMILES string of the molecule is COC(=O)[C@H](CN(C(C)=O)n1c(O)c(CNC(=O)OC(C)(C)C)[nH]c1=O)NC(=O)OCc1ccccc1. The van der Waals surface area contributed by atoms with Crippen LogP contribution in [-0.2, 0) is 37.0 Å². The van der Waals surface area contributed by atoms with Crippen molar-refractivity contribution in [3.05, 3.63) is 52.1 Å². The molecule has 0 saturated heterocycles. The van der Waals surface area contributed by atoms with Crippen LogP contribution >= 0.6 is 0 Å².